The predicted octanol–water partition coefficient (Wildman–Crippen LogP) is 1.87. The monoisotopic (exact) mass is 221 g/mol. The molecule has 5 heteroatoms. The van der Waals surface area contributed by atoms with Crippen molar-refractivity contribution in [1.82, 2.24) is 0 Å². The quantitative estimate of drug-likeness (QED) is 0.364. The summed E-state index contributed by atoms with van der Waals surface area (Å²) < 4.78 is 9.89. The molecule has 0 saturated carbocycles. The van der Waals surface area contributed by atoms with Crippen molar-refractivity contribution in [3.05, 3.63) is 30.7 Å². The second kappa shape index (κ2) is 4.97. The number of nitrogens with zero attached hydrogens (tertiary/aromatic N) is 1. The second-order valence-corrected chi connectivity index (χ2v) is 2.91. The van der Waals surface area contributed by atoms with Crippen molar-refractivity contribution in [2.24, 2.45) is 4.99 Å². The lowest BCUT2D eigenvalue weighted by atomic mass is 10.3. The SMILES string of the molecule is C=NC(=C)Oc1cc(O)cc(OC(C)=O)c1. The van der Waals surface area contributed by atoms with Gasteiger partial charge in [0, 0.05) is 25.1 Å². The van der Waals surface area contributed by atoms with Gasteiger partial charge in [-0.2, -0.15) is 0 Å². The van der Waals surface area contributed by atoms with Gasteiger partial charge in [0.05, 0.1) is 0 Å². The van der Waals surface area contributed by atoms with E-state index in [1.54, 1.807) is 0 Å². The van der Waals surface area contributed by atoms with E-state index < -0.39 is 5.97 Å². The third-order valence-corrected chi connectivity index (χ3v) is 1.54. The maximum Gasteiger partial charge on any atom is 0.308 e. The molecule has 0 spiro atoms. The highest BCUT2D eigenvalue weighted by Gasteiger charge is 2.05. The molecule has 0 aliphatic carbocycles. The molecule has 0 aliphatic rings. The minimum atomic E-state index is -0.489. The molecule has 0 radical (unpaired) electrons. The number of esters is 1. The zero-order valence-corrected chi connectivity index (χ0v) is 8.77. The van der Waals surface area contributed by atoms with Gasteiger partial charge in [0.2, 0.25) is 5.88 Å². The van der Waals surface area contributed by atoms with E-state index in [0.717, 1.165) is 0 Å². The van der Waals surface area contributed by atoms with E-state index in [2.05, 4.69) is 18.3 Å². The summed E-state index contributed by atoms with van der Waals surface area (Å²) >= 11 is 0. The first-order chi connectivity index (χ1) is 7.51. The number of phenolic OH excluding ortho intramolecular Hbond substituents is 1. The van der Waals surface area contributed by atoms with Gasteiger partial charge in [-0.3, -0.25) is 4.79 Å². The van der Waals surface area contributed by atoms with E-state index in [1.165, 1.54) is 25.1 Å². The third kappa shape index (κ3) is 3.45. The first-order valence-electron chi connectivity index (χ1n) is 4.37. The van der Waals surface area contributed by atoms with E-state index in [0.29, 0.717) is 0 Å². The Morgan fingerprint density at radius 1 is 1.31 bits per heavy atom. The zero-order valence-electron chi connectivity index (χ0n) is 8.77. The fraction of sp³-hybridized carbons (Fsp3) is 0.0909. The molecule has 1 N–H and O–H groups in total. The van der Waals surface area contributed by atoms with Gasteiger partial charge < -0.3 is 14.6 Å². The van der Waals surface area contributed by atoms with Crippen LogP contribution in [0.2, 0.25) is 0 Å². The molecule has 0 unspecified atom stereocenters. The van der Waals surface area contributed by atoms with Gasteiger partial charge >= 0.3 is 5.97 Å². The highest BCUT2D eigenvalue weighted by Crippen LogP contribution is 2.28. The van der Waals surface area contributed by atoms with Crippen LogP contribution in [0.25, 0.3) is 0 Å². The Kier molecular flexibility index (Phi) is 3.66. The number of carbonyl (C=O) groups is 1. The Bertz CT molecular complexity index is 440. The van der Waals surface area contributed by atoms with Gasteiger partial charge in [0.1, 0.15) is 17.2 Å². The molecular weight excluding hydrogens is 210 g/mol. The first kappa shape index (κ1) is 11.8. The topological polar surface area (TPSA) is 68.1 Å². The summed E-state index contributed by atoms with van der Waals surface area (Å²) in [6.07, 6.45) is 0. The summed E-state index contributed by atoms with van der Waals surface area (Å²) in [6.45, 7) is 7.93. The van der Waals surface area contributed by atoms with Gasteiger partial charge in [-0.25, -0.2) is 4.99 Å². The normalized spacial score (nSPS) is 9.31. The molecule has 0 bridgehead atoms. The summed E-state index contributed by atoms with van der Waals surface area (Å²) in [4.78, 5) is 14.2. The van der Waals surface area contributed by atoms with Crippen LogP contribution in [0.15, 0.2) is 35.7 Å². The third-order valence-electron chi connectivity index (χ3n) is 1.54. The van der Waals surface area contributed by atoms with Crippen molar-refractivity contribution in [3.8, 4) is 17.2 Å². The molecule has 0 aromatic heterocycles. The summed E-state index contributed by atoms with van der Waals surface area (Å²) in [5.41, 5.74) is 0. The summed E-state index contributed by atoms with van der Waals surface area (Å²) in [7, 11) is 0. The van der Waals surface area contributed by atoms with Gasteiger partial charge in [0.25, 0.3) is 0 Å². The van der Waals surface area contributed by atoms with Gasteiger partial charge in [0.15, 0.2) is 0 Å². The average Bonchev–Trinajstić information content (AvgIpc) is 2.15. The van der Waals surface area contributed by atoms with E-state index in [9.17, 15) is 9.90 Å². The van der Waals surface area contributed by atoms with E-state index in [1.807, 2.05) is 0 Å². The number of aliphatic imine (C=N–C) groups is 1. The maximum atomic E-state index is 10.7. The number of ether oxygens (including phenoxy) is 2. The van der Waals surface area contributed by atoms with Gasteiger partial charge in [-0.15, -0.1) is 0 Å². The Hall–Kier alpha value is -2.30. The number of phenols is 1. The van der Waals surface area contributed by atoms with Crippen LogP contribution in [0.1, 0.15) is 6.92 Å². The minimum absolute atomic E-state index is 0.0828. The van der Waals surface area contributed by atoms with Crippen molar-refractivity contribution < 1.29 is 19.4 Å². The number of carbonyl (C=O) groups excluding carboxylic acids is 1. The minimum Gasteiger partial charge on any atom is -0.508 e. The van der Waals surface area contributed by atoms with Crippen molar-refractivity contribution in [2.75, 3.05) is 0 Å². The van der Waals surface area contributed by atoms with Crippen molar-refractivity contribution in [2.45, 2.75) is 6.92 Å². The molecule has 1 rings (SSSR count). The number of benzene rings is 1. The average molecular weight is 221 g/mol. The largest absolute Gasteiger partial charge is 0.508 e. The number of hydrogen-bond donors (Lipinski definition) is 1. The fourth-order valence-corrected chi connectivity index (χ4v) is 1.01. The molecule has 84 valence electrons. The summed E-state index contributed by atoms with van der Waals surface area (Å²) in [6, 6.07) is 4.05. The van der Waals surface area contributed by atoms with Gasteiger partial charge in [-0.1, -0.05) is 0 Å². The second-order valence-electron chi connectivity index (χ2n) is 2.91. The number of aromatic hydroxyl groups is 1. The van der Waals surface area contributed by atoms with Crippen molar-refractivity contribution in [1.29, 1.82) is 0 Å². The standard InChI is InChI=1S/C11H11NO4/c1-7(12-3)15-10-4-9(14)5-11(6-10)16-8(2)13/h4-6,14H,1,3H2,2H3. The molecule has 1 aromatic carbocycles. The molecule has 0 heterocycles. The maximum absolute atomic E-state index is 10.7. The molecule has 0 saturated heterocycles. The van der Waals surface area contributed by atoms with Crippen LogP contribution in [0.5, 0.6) is 17.2 Å². The Morgan fingerprint density at radius 2 is 1.88 bits per heavy atom. The van der Waals surface area contributed by atoms with Crippen LogP contribution < -0.4 is 9.47 Å². The Labute approximate surface area is 92.6 Å². The number of hydrogen-bond acceptors (Lipinski definition) is 5. The molecular formula is C11H11NO4. The summed E-state index contributed by atoms with van der Waals surface area (Å²) in [5, 5.41) is 9.35. The lowest BCUT2D eigenvalue weighted by Crippen LogP contribution is -2.01. The highest BCUT2D eigenvalue weighted by molar-refractivity contribution is 5.69. The fourth-order valence-electron chi connectivity index (χ4n) is 1.01. The van der Waals surface area contributed by atoms with Crippen LogP contribution >= 0.6 is 0 Å². The summed E-state index contributed by atoms with van der Waals surface area (Å²) in [5.74, 6) is -0.0600. The molecule has 5 nitrogen and oxygen atoms in total. The molecule has 0 atom stereocenters. The van der Waals surface area contributed by atoms with Crippen molar-refractivity contribution >= 4 is 12.7 Å². The Balaban J connectivity index is 2.93. The number of rotatable bonds is 4. The highest BCUT2D eigenvalue weighted by atomic mass is 16.5. The van der Waals surface area contributed by atoms with Crippen LogP contribution in [-0.2, 0) is 4.79 Å². The zero-order chi connectivity index (χ0) is 12.1. The van der Waals surface area contributed by atoms with Crippen LogP contribution in [0.4, 0.5) is 0 Å². The van der Waals surface area contributed by atoms with Crippen molar-refractivity contribution in [3.63, 3.8) is 0 Å². The van der Waals surface area contributed by atoms with Crippen LogP contribution in [0, 0.1) is 0 Å². The molecule has 0 aliphatic heterocycles. The predicted molar refractivity (Wildman–Crippen MR) is 58.7 cm³/mol. The molecule has 0 amide bonds. The smallest absolute Gasteiger partial charge is 0.308 e. The van der Waals surface area contributed by atoms with Crippen LogP contribution in [-0.4, -0.2) is 17.8 Å². The van der Waals surface area contributed by atoms with E-state index in [4.69, 9.17) is 9.47 Å². The van der Waals surface area contributed by atoms with Crippen LogP contribution in [0.3, 0.4) is 0 Å². The molecule has 1 aromatic rings. The first-order valence-corrected chi connectivity index (χ1v) is 4.37. The van der Waals surface area contributed by atoms with E-state index in [-0.39, 0.29) is 23.1 Å². The van der Waals surface area contributed by atoms with E-state index >= 15 is 0 Å². The Morgan fingerprint density at radius 3 is 2.38 bits per heavy atom. The molecule has 0 fully saturated rings. The molecule has 16 heavy (non-hydrogen) atoms. The van der Waals surface area contributed by atoms with Gasteiger partial charge in [-0.05, 0) is 13.3 Å². The lowest BCUT2D eigenvalue weighted by molar-refractivity contribution is -0.131. The lowest BCUT2D eigenvalue weighted by Gasteiger charge is -2.07.